The van der Waals surface area contributed by atoms with Crippen LogP contribution in [0.3, 0.4) is 0 Å². The number of fused-ring (bicyclic) bond motifs is 1. The van der Waals surface area contributed by atoms with Crippen molar-refractivity contribution in [3.63, 3.8) is 0 Å². The van der Waals surface area contributed by atoms with Crippen LogP contribution in [0.5, 0.6) is 0 Å². The van der Waals surface area contributed by atoms with E-state index in [1.54, 1.807) is 6.08 Å². The number of Topliss-reactive ketones (excluding diaryl/α,β-unsaturated/α-hetero) is 1. The van der Waals surface area contributed by atoms with Crippen molar-refractivity contribution in [2.24, 2.45) is 0 Å². The first-order valence-corrected chi connectivity index (χ1v) is 11.0. The van der Waals surface area contributed by atoms with Crippen LogP contribution >= 0.6 is 22.9 Å². The summed E-state index contributed by atoms with van der Waals surface area (Å²) in [5.41, 5.74) is 2.05. The van der Waals surface area contributed by atoms with Gasteiger partial charge in [0.2, 0.25) is 0 Å². The maximum absolute atomic E-state index is 12.2. The van der Waals surface area contributed by atoms with Crippen LogP contribution in [0.1, 0.15) is 25.3 Å². The Kier molecular flexibility index (Phi) is 7.83. The lowest BCUT2D eigenvalue weighted by Gasteiger charge is -2.39. The summed E-state index contributed by atoms with van der Waals surface area (Å²) in [6.45, 7) is 4.91. The summed E-state index contributed by atoms with van der Waals surface area (Å²) in [7, 11) is 0. The number of carbonyl (C=O) groups is 1. The molecule has 1 fully saturated rings. The zero-order valence-electron chi connectivity index (χ0n) is 17.0. The number of hydrogen-bond acceptors (Lipinski definition) is 6. The second-order valence-corrected chi connectivity index (χ2v) is 9.03. The maximum Gasteiger partial charge on any atom is 0.173 e. The molecule has 1 aliphatic heterocycles. The molecule has 0 radical (unpaired) electrons. The van der Waals surface area contributed by atoms with Crippen molar-refractivity contribution in [3.05, 3.63) is 47.5 Å². The van der Waals surface area contributed by atoms with Gasteiger partial charge in [0, 0.05) is 60.6 Å². The normalized spacial score (nSPS) is 19.0. The number of hydrogen-bond donors (Lipinski definition) is 2. The third-order valence-electron chi connectivity index (χ3n) is 5.40. The molecule has 3 rings (SSSR count). The van der Waals surface area contributed by atoms with Gasteiger partial charge in [-0.15, -0.1) is 0 Å². The van der Waals surface area contributed by atoms with Crippen LogP contribution in [0, 0.1) is 11.3 Å². The van der Waals surface area contributed by atoms with Crippen molar-refractivity contribution in [3.8, 4) is 6.07 Å². The molecule has 7 heteroatoms. The molecule has 1 heterocycles. The van der Waals surface area contributed by atoms with Crippen LogP contribution in [0.15, 0.2) is 42.0 Å². The SMILES string of the molecule is CC1CN(I)CCN1c1ccc2cc(/C=C(\C#N)C(=O)CCC(O)CO)ccc2c1. The molecule has 1 aliphatic rings. The van der Waals surface area contributed by atoms with Gasteiger partial charge in [-0.25, -0.2) is 3.11 Å². The summed E-state index contributed by atoms with van der Waals surface area (Å²) in [6, 6.07) is 14.7. The number of nitrogens with zero attached hydrogens (tertiary/aromatic N) is 3. The predicted molar refractivity (Wildman–Crippen MR) is 127 cm³/mol. The Morgan fingerprint density at radius 2 is 2.03 bits per heavy atom. The van der Waals surface area contributed by atoms with Crippen molar-refractivity contribution in [2.75, 3.05) is 31.1 Å². The van der Waals surface area contributed by atoms with E-state index in [1.165, 1.54) is 5.69 Å². The minimum atomic E-state index is -0.939. The first-order valence-electron chi connectivity index (χ1n) is 10.1. The molecule has 30 heavy (non-hydrogen) atoms. The van der Waals surface area contributed by atoms with Gasteiger partial charge in [0.05, 0.1) is 18.3 Å². The summed E-state index contributed by atoms with van der Waals surface area (Å²) < 4.78 is 2.32. The van der Waals surface area contributed by atoms with Crippen LogP contribution < -0.4 is 4.90 Å². The number of aliphatic hydroxyl groups is 2. The molecule has 2 N–H and O–H groups in total. The summed E-state index contributed by atoms with van der Waals surface area (Å²) in [4.78, 5) is 14.7. The topological polar surface area (TPSA) is 87.8 Å². The Labute approximate surface area is 190 Å². The quantitative estimate of drug-likeness (QED) is 0.253. The van der Waals surface area contributed by atoms with Gasteiger partial charge in [0.25, 0.3) is 0 Å². The number of benzene rings is 2. The largest absolute Gasteiger partial charge is 0.394 e. The number of carbonyl (C=O) groups excluding carboxylic acids is 1. The molecule has 0 bridgehead atoms. The zero-order valence-corrected chi connectivity index (χ0v) is 19.1. The van der Waals surface area contributed by atoms with E-state index in [4.69, 9.17) is 5.11 Å². The van der Waals surface area contributed by atoms with Crippen LogP contribution in [-0.2, 0) is 4.79 Å². The first-order chi connectivity index (χ1) is 14.4. The summed E-state index contributed by atoms with van der Waals surface area (Å²) in [5.74, 6) is -0.330. The van der Waals surface area contributed by atoms with Crippen molar-refractivity contribution in [1.82, 2.24) is 3.11 Å². The van der Waals surface area contributed by atoms with E-state index in [9.17, 15) is 15.2 Å². The van der Waals surface area contributed by atoms with E-state index in [0.717, 1.165) is 36.0 Å². The van der Waals surface area contributed by atoms with Crippen molar-refractivity contribution < 1.29 is 15.0 Å². The summed E-state index contributed by atoms with van der Waals surface area (Å²) >= 11 is 2.38. The van der Waals surface area contributed by atoms with Gasteiger partial charge in [-0.2, -0.15) is 5.26 Å². The highest BCUT2D eigenvalue weighted by Crippen LogP contribution is 2.27. The van der Waals surface area contributed by atoms with Gasteiger partial charge in [-0.1, -0.05) is 18.2 Å². The fourth-order valence-electron chi connectivity index (χ4n) is 3.68. The van der Waals surface area contributed by atoms with Crippen molar-refractivity contribution in [2.45, 2.75) is 31.9 Å². The molecule has 2 aromatic carbocycles. The number of allylic oxidation sites excluding steroid dienone is 1. The number of piperazine rings is 1. The lowest BCUT2D eigenvalue weighted by molar-refractivity contribution is -0.115. The highest BCUT2D eigenvalue weighted by molar-refractivity contribution is 14.1. The number of anilines is 1. The molecule has 0 saturated carbocycles. The molecular formula is C23H26IN3O3. The highest BCUT2D eigenvalue weighted by Gasteiger charge is 2.22. The van der Waals surface area contributed by atoms with E-state index in [0.29, 0.717) is 6.04 Å². The molecule has 2 unspecified atom stereocenters. The molecule has 0 aromatic heterocycles. The van der Waals surface area contributed by atoms with Crippen LogP contribution in [0.25, 0.3) is 16.8 Å². The standard InChI is InChI=1S/C23H26IN3O3/c1-16-14-26(24)8-9-27(16)21-5-4-18-10-17(2-3-19(18)12-21)11-20(13-25)23(30)7-6-22(29)15-28/h2-5,10-12,16,22,28-29H,6-9,14-15H2,1H3/b20-11+. The Bertz CT molecular complexity index is 985. The molecule has 0 amide bonds. The van der Waals surface area contributed by atoms with Gasteiger partial charge in [-0.3, -0.25) is 4.79 Å². The van der Waals surface area contributed by atoms with E-state index in [2.05, 4.69) is 56.0 Å². The summed E-state index contributed by atoms with van der Waals surface area (Å²) in [6.07, 6.45) is 0.814. The fourth-order valence-corrected chi connectivity index (χ4v) is 4.47. The van der Waals surface area contributed by atoms with Crippen LogP contribution in [-0.4, -0.2) is 57.5 Å². The van der Waals surface area contributed by atoms with Crippen molar-refractivity contribution in [1.29, 1.82) is 5.26 Å². The number of halogens is 1. The number of rotatable bonds is 7. The minimum absolute atomic E-state index is 0.0285. The van der Waals surface area contributed by atoms with Crippen LogP contribution in [0.2, 0.25) is 0 Å². The van der Waals surface area contributed by atoms with Crippen LogP contribution in [0.4, 0.5) is 5.69 Å². The van der Waals surface area contributed by atoms with E-state index in [1.807, 2.05) is 24.3 Å². The molecule has 0 spiro atoms. The zero-order chi connectivity index (χ0) is 21.7. The van der Waals surface area contributed by atoms with Gasteiger partial charge < -0.3 is 15.1 Å². The highest BCUT2D eigenvalue weighted by atomic mass is 127. The average molecular weight is 519 g/mol. The number of ketones is 1. The molecular weight excluding hydrogens is 493 g/mol. The Morgan fingerprint density at radius 1 is 1.30 bits per heavy atom. The molecule has 2 aromatic rings. The Morgan fingerprint density at radius 3 is 2.73 bits per heavy atom. The third-order valence-corrected chi connectivity index (χ3v) is 6.28. The maximum atomic E-state index is 12.2. The molecule has 2 atom stereocenters. The average Bonchev–Trinajstić information content (AvgIpc) is 2.75. The van der Waals surface area contributed by atoms with Gasteiger partial charge in [0.1, 0.15) is 6.07 Å². The second-order valence-electron chi connectivity index (χ2n) is 7.67. The van der Waals surface area contributed by atoms with Gasteiger partial charge >= 0.3 is 0 Å². The van der Waals surface area contributed by atoms with E-state index >= 15 is 0 Å². The molecule has 1 saturated heterocycles. The Balaban J connectivity index is 1.79. The lowest BCUT2D eigenvalue weighted by atomic mass is 10.0. The van der Waals surface area contributed by atoms with E-state index < -0.39 is 12.7 Å². The predicted octanol–water partition coefficient (Wildman–Crippen LogP) is 3.31. The van der Waals surface area contributed by atoms with E-state index in [-0.39, 0.29) is 24.2 Å². The number of nitriles is 1. The second kappa shape index (κ2) is 10.4. The smallest absolute Gasteiger partial charge is 0.173 e. The fraction of sp³-hybridized carbons (Fsp3) is 0.391. The lowest BCUT2D eigenvalue weighted by Crippen LogP contribution is -2.48. The molecule has 158 valence electrons. The van der Waals surface area contributed by atoms with Gasteiger partial charge in [0.15, 0.2) is 5.78 Å². The number of aliphatic hydroxyl groups excluding tert-OH is 2. The molecule has 6 nitrogen and oxygen atoms in total. The van der Waals surface area contributed by atoms with Gasteiger partial charge in [-0.05, 0) is 54.0 Å². The summed E-state index contributed by atoms with van der Waals surface area (Å²) in [5, 5.41) is 29.8. The first kappa shape index (κ1) is 22.7. The third kappa shape index (κ3) is 5.58. The Hall–Kier alpha value is -1.99. The minimum Gasteiger partial charge on any atom is -0.394 e. The monoisotopic (exact) mass is 519 g/mol. The molecule has 0 aliphatic carbocycles. The van der Waals surface area contributed by atoms with Crippen molar-refractivity contribution >= 4 is 51.2 Å².